The molecule has 0 aliphatic carbocycles. The van der Waals surface area contributed by atoms with E-state index in [-0.39, 0.29) is 4.90 Å². The molecule has 0 atom stereocenters. The van der Waals surface area contributed by atoms with E-state index in [1.54, 1.807) is 37.4 Å². The summed E-state index contributed by atoms with van der Waals surface area (Å²) >= 11 is 0. The number of pyridine rings is 1. The van der Waals surface area contributed by atoms with Crippen molar-refractivity contribution in [1.29, 1.82) is 0 Å². The Bertz CT molecular complexity index is 1340. The highest BCUT2D eigenvalue weighted by Crippen LogP contribution is 2.22. The first kappa shape index (κ1) is 22.7. The maximum Gasteiger partial charge on any atom is 0.261 e. The van der Waals surface area contributed by atoms with Crippen molar-refractivity contribution in [2.75, 3.05) is 35.9 Å². The first-order valence-corrected chi connectivity index (χ1v) is 12.0. The van der Waals surface area contributed by atoms with Crippen LogP contribution in [0.5, 0.6) is 0 Å². The summed E-state index contributed by atoms with van der Waals surface area (Å²) in [6.45, 7) is 8.25. The van der Waals surface area contributed by atoms with Crippen molar-refractivity contribution in [1.82, 2.24) is 15.0 Å². The fraction of sp³-hybridized carbons (Fsp3) is 0.292. The molecule has 0 saturated carbocycles. The van der Waals surface area contributed by atoms with Crippen molar-refractivity contribution in [2.24, 2.45) is 0 Å². The van der Waals surface area contributed by atoms with Crippen molar-refractivity contribution in [3.05, 3.63) is 70.9 Å². The molecule has 3 aromatic rings. The smallest absolute Gasteiger partial charge is 0.261 e. The summed E-state index contributed by atoms with van der Waals surface area (Å²) < 4.78 is 33.8. The molecule has 33 heavy (non-hydrogen) atoms. The van der Waals surface area contributed by atoms with Gasteiger partial charge >= 0.3 is 0 Å². The van der Waals surface area contributed by atoms with Gasteiger partial charge in [-0.25, -0.2) is 18.4 Å². The van der Waals surface area contributed by atoms with E-state index in [0.29, 0.717) is 30.2 Å². The second-order valence-corrected chi connectivity index (χ2v) is 9.47. The van der Waals surface area contributed by atoms with Gasteiger partial charge < -0.3 is 9.64 Å². The van der Waals surface area contributed by atoms with Crippen LogP contribution in [-0.4, -0.2) is 49.7 Å². The predicted octanol–water partition coefficient (Wildman–Crippen LogP) is 2.83. The molecule has 0 unspecified atom stereocenters. The zero-order chi connectivity index (χ0) is 23.4. The summed E-state index contributed by atoms with van der Waals surface area (Å²) in [6, 6.07) is 8.44. The number of hydrogen-bond donors (Lipinski definition) is 1. The predicted molar refractivity (Wildman–Crippen MR) is 127 cm³/mol. The number of rotatable bonds is 4. The van der Waals surface area contributed by atoms with Gasteiger partial charge in [0, 0.05) is 24.8 Å². The molecule has 1 fully saturated rings. The van der Waals surface area contributed by atoms with Gasteiger partial charge in [-0.2, -0.15) is 0 Å². The molecule has 8 nitrogen and oxygen atoms in total. The molecule has 170 valence electrons. The maximum atomic E-state index is 12.9. The van der Waals surface area contributed by atoms with Gasteiger partial charge in [-0.3, -0.25) is 9.71 Å². The highest BCUT2D eigenvalue weighted by atomic mass is 32.2. The Morgan fingerprint density at radius 3 is 2.55 bits per heavy atom. The van der Waals surface area contributed by atoms with Crippen LogP contribution in [-0.2, 0) is 14.8 Å². The third kappa shape index (κ3) is 5.30. The second kappa shape index (κ2) is 9.57. The molecule has 0 amide bonds. The lowest BCUT2D eigenvalue weighted by Crippen LogP contribution is -2.37. The van der Waals surface area contributed by atoms with Crippen LogP contribution in [0.2, 0.25) is 0 Å². The van der Waals surface area contributed by atoms with Crippen LogP contribution in [0.4, 0.5) is 11.5 Å². The molecule has 0 bridgehead atoms. The van der Waals surface area contributed by atoms with Crippen LogP contribution in [0.1, 0.15) is 28.1 Å². The number of sulfonamides is 1. The molecule has 1 aliphatic heterocycles. The van der Waals surface area contributed by atoms with E-state index in [1.807, 2.05) is 19.9 Å². The van der Waals surface area contributed by atoms with Gasteiger partial charge in [-0.15, -0.1) is 0 Å². The molecule has 3 heterocycles. The molecule has 1 N–H and O–H groups in total. The van der Waals surface area contributed by atoms with E-state index in [4.69, 9.17) is 4.74 Å². The highest BCUT2D eigenvalue weighted by Gasteiger charge is 2.18. The molecular formula is C24H25N5O3S. The van der Waals surface area contributed by atoms with Crippen LogP contribution in [0.15, 0.2) is 47.8 Å². The lowest BCUT2D eigenvalue weighted by atomic mass is 10.1. The van der Waals surface area contributed by atoms with Crippen molar-refractivity contribution in [3.8, 4) is 11.8 Å². The van der Waals surface area contributed by atoms with E-state index in [2.05, 4.69) is 36.4 Å². The standard InChI is InChI=1S/C24H25N5O3S/c1-17-5-4-6-21(13-17)33(30,31)28-23-14-20(15-25-19(23)3)7-8-22-18(2)26-16-27-24(22)29-9-11-32-12-10-29/h4-6,13-16,28H,9-12H2,1-3H3. The quantitative estimate of drug-likeness (QED) is 0.594. The minimum absolute atomic E-state index is 0.200. The third-order valence-corrected chi connectivity index (χ3v) is 6.65. The topological polar surface area (TPSA) is 97.3 Å². The average Bonchev–Trinajstić information content (AvgIpc) is 2.80. The van der Waals surface area contributed by atoms with Crippen LogP contribution >= 0.6 is 0 Å². The number of benzene rings is 1. The Kier molecular flexibility index (Phi) is 6.58. The lowest BCUT2D eigenvalue weighted by molar-refractivity contribution is 0.122. The second-order valence-electron chi connectivity index (χ2n) is 7.79. The van der Waals surface area contributed by atoms with Gasteiger partial charge in [0.25, 0.3) is 10.0 Å². The highest BCUT2D eigenvalue weighted by molar-refractivity contribution is 7.92. The first-order valence-electron chi connectivity index (χ1n) is 10.6. The van der Waals surface area contributed by atoms with Gasteiger partial charge in [-0.1, -0.05) is 24.0 Å². The first-order chi connectivity index (χ1) is 15.8. The van der Waals surface area contributed by atoms with Crippen molar-refractivity contribution in [3.63, 3.8) is 0 Å². The van der Waals surface area contributed by atoms with E-state index >= 15 is 0 Å². The minimum atomic E-state index is -3.75. The summed E-state index contributed by atoms with van der Waals surface area (Å²) in [5.74, 6) is 7.04. The van der Waals surface area contributed by atoms with Crippen molar-refractivity contribution in [2.45, 2.75) is 25.7 Å². The maximum absolute atomic E-state index is 12.9. The largest absolute Gasteiger partial charge is 0.378 e. The third-order valence-electron chi connectivity index (χ3n) is 5.29. The number of nitrogens with zero attached hydrogens (tertiary/aromatic N) is 4. The Morgan fingerprint density at radius 1 is 1.00 bits per heavy atom. The molecule has 0 spiro atoms. The number of aromatic nitrogens is 3. The molecule has 1 saturated heterocycles. The van der Waals surface area contributed by atoms with E-state index in [0.717, 1.165) is 35.7 Å². The summed E-state index contributed by atoms with van der Waals surface area (Å²) in [4.78, 5) is 15.4. The van der Waals surface area contributed by atoms with Crippen LogP contribution in [0.25, 0.3) is 0 Å². The minimum Gasteiger partial charge on any atom is -0.378 e. The molecular weight excluding hydrogens is 438 g/mol. The number of morpholine rings is 1. The molecule has 0 radical (unpaired) electrons. The van der Waals surface area contributed by atoms with E-state index in [9.17, 15) is 8.42 Å². The van der Waals surface area contributed by atoms with Gasteiger partial charge in [0.15, 0.2) is 0 Å². The van der Waals surface area contributed by atoms with Crippen LogP contribution in [0, 0.1) is 32.6 Å². The Labute approximate surface area is 194 Å². The zero-order valence-electron chi connectivity index (χ0n) is 18.8. The molecule has 9 heteroatoms. The number of hydrogen-bond acceptors (Lipinski definition) is 7. The average molecular weight is 464 g/mol. The van der Waals surface area contributed by atoms with Gasteiger partial charge in [0.05, 0.1) is 40.7 Å². The van der Waals surface area contributed by atoms with E-state index in [1.165, 1.54) is 6.33 Å². The normalized spacial score (nSPS) is 13.8. The Morgan fingerprint density at radius 2 is 1.79 bits per heavy atom. The van der Waals surface area contributed by atoms with Gasteiger partial charge in [0.1, 0.15) is 12.1 Å². The van der Waals surface area contributed by atoms with Gasteiger partial charge in [-0.05, 0) is 44.5 Å². The summed E-state index contributed by atoms with van der Waals surface area (Å²) in [5, 5.41) is 0. The van der Waals surface area contributed by atoms with Crippen molar-refractivity contribution >= 4 is 21.5 Å². The molecule has 1 aliphatic rings. The monoisotopic (exact) mass is 463 g/mol. The SMILES string of the molecule is Cc1cccc(S(=O)(=O)Nc2cc(C#Cc3c(C)ncnc3N3CCOCC3)cnc2C)c1. The summed E-state index contributed by atoms with van der Waals surface area (Å²) in [5.41, 5.74) is 3.91. The fourth-order valence-electron chi connectivity index (χ4n) is 3.45. The Balaban J connectivity index is 1.64. The molecule has 1 aromatic carbocycles. The molecule has 4 rings (SSSR count). The van der Waals surface area contributed by atoms with Gasteiger partial charge in [0.2, 0.25) is 0 Å². The van der Waals surface area contributed by atoms with Crippen LogP contribution < -0.4 is 9.62 Å². The number of ether oxygens (including phenoxy) is 1. The lowest BCUT2D eigenvalue weighted by Gasteiger charge is -2.28. The fourth-order valence-corrected chi connectivity index (χ4v) is 4.66. The number of anilines is 2. The van der Waals surface area contributed by atoms with Crippen molar-refractivity contribution < 1.29 is 13.2 Å². The Hall–Kier alpha value is -3.48. The zero-order valence-corrected chi connectivity index (χ0v) is 19.6. The summed E-state index contributed by atoms with van der Waals surface area (Å²) in [7, 11) is -3.75. The molecule has 2 aromatic heterocycles. The van der Waals surface area contributed by atoms with E-state index < -0.39 is 10.0 Å². The number of nitrogens with one attached hydrogen (secondary N) is 1. The number of aryl methyl sites for hydroxylation is 3. The summed E-state index contributed by atoms with van der Waals surface area (Å²) in [6.07, 6.45) is 3.16. The van der Waals surface area contributed by atoms with Crippen LogP contribution in [0.3, 0.4) is 0 Å².